The second-order valence-electron chi connectivity index (χ2n) is 7.05. The lowest BCUT2D eigenvalue weighted by atomic mass is 10.1. The molecular formula is C22H24ClN3O2S. The van der Waals surface area contributed by atoms with Crippen LogP contribution in [0.15, 0.2) is 53.3 Å². The molecule has 1 heterocycles. The Kier molecular flexibility index (Phi) is 7.23. The predicted octanol–water partition coefficient (Wildman–Crippen LogP) is 5.15. The standard InChI is InChI=1S/C22H24ClN3O2S/c1-15(16-9-4-6-11-18(16)23)24-20(27)13-3-2-8-14-26-21(28)17-10-5-7-12-19(17)25-22(26)29/h4-7,9-12,15H,2-3,8,13-14H2,1H3,(H,24,27)(H,25,29). The molecule has 0 aliphatic rings. The quantitative estimate of drug-likeness (QED) is 0.384. The molecule has 0 saturated carbocycles. The molecule has 1 atom stereocenters. The number of H-pyrrole nitrogens is 1. The van der Waals surface area contributed by atoms with Gasteiger partial charge in [-0.3, -0.25) is 14.2 Å². The molecule has 0 radical (unpaired) electrons. The summed E-state index contributed by atoms with van der Waals surface area (Å²) in [7, 11) is 0. The summed E-state index contributed by atoms with van der Waals surface area (Å²) in [5.74, 6) is -0.00224. The van der Waals surface area contributed by atoms with Gasteiger partial charge >= 0.3 is 0 Å². The number of aromatic amines is 1. The van der Waals surface area contributed by atoms with Crippen LogP contribution < -0.4 is 10.9 Å². The van der Waals surface area contributed by atoms with E-state index in [0.29, 0.717) is 28.1 Å². The summed E-state index contributed by atoms with van der Waals surface area (Å²) in [5, 5.41) is 4.27. The second kappa shape index (κ2) is 9.85. The van der Waals surface area contributed by atoms with Crippen LogP contribution in [-0.4, -0.2) is 15.5 Å². The Bertz CT molecular complexity index is 1120. The number of para-hydroxylation sites is 1. The zero-order chi connectivity index (χ0) is 20.8. The average Bonchev–Trinajstić information content (AvgIpc) is 2.70. The molecule has 0 aliphatic heterocycles. The topological polar surface area (TPSA) is 66.9 Å². The van der Waals surface area contributed by atoms with Gasteiger partial charge in [0.15, 0.2) is 4.77 Å². The molecule has 0 aliphatic carbocycles. The highest BCUT2D eigenvalue weighted by Gasteiger charge is 2.12. The minimum Gasteiger partial charge on any atom is -0.350 e. The number of nitrogens with one attached hydrogen (secondary N) is 2. The molecule has 5 nitrogen and oxygen atoms in total. The van der Waals surface area contributed by atoms with Gasteiger partial charge in [0.2, 0.25) is 5.91 Å². The maximum absolute atomic E-state index is 12.6. The van der Waals surface area contributed by atoms with Gasteiger partial charge in [-0.25, -0.2) is 0 Å². The van der Waals surface area contributed by atoms with Crippen LogP contribution in [0.5, 0.6) is 0 Å². The van der Waals surface area contributed by atoms with Crippen molar-refractivity contribution in [3.05, 3.63) is 74.2 Å². The van der Waals surface area contributed by atoms with E-state index in [4.69, 9.17) is 23.8 Å². The van der Waals surface area contributed by atoms with E-state index in [1.165, 1.54) is 0 Å². The Morgan fingerprint density at radius 2 is 1.86 bits per heavy atom. The summed E-state index contributed by atoms with van der Waals surface area (Å²) in [6.45, 7) is 2.46. The number of aromatic nitrogens is 2. The molecule has 1 amide bonds. The maximum atomic E-state index is 12.6. The molecular weight excluding hydrogens is 406 g/mol. The van der Waals surface area contributed by atoms with E-state index >= 15 is 0 Å². The third kappa shape index (κ3) is 5.34. The predicted molar refractivity (Wildman–Crippen MR) is 120 cm³/mol. The minimum absolute atomic E-state index is 0.00224. The number of rotatable bonds is 8. The number of amides is 1. The average molecular weight is 430 g/mol. The molecule has 29 heavy (non-hydrogen) atoms. The van der Waals surface area contributed by atoms with Gasteiger partial charge in [0.05, 0.1) is 16.9 Å². The van der Waals surface area contributed by atoms with E-state index in [2.05, 4.69) is 10.3 Å². The van der Waals surface area contributed by atoms with Crippen molar-refractivity contribution in [1.29, 1.82) is 0 Å². The van der Waals surface area contributed by atoms with Crippen molar-refractivity contribution in [3.63, 3.8) is 0 Å². The zero-order valence-corrected chi connectivity index (χ0v) is 17.9. The summed E-state index contributed by atoms with van der Waals surface area (Å²) in [4.78, 5) is 27.9. The first-order valence-electron chi connectivity index (χ1n) is 9.73. The van der Waals surface area contributed by atoms with Crippen LogP contribution in [0, 0.1) is 4.77 Å². The Balaban J connectivity index is 1.47. The molecule has 152 valence electrons. The van der Waals surface area contributed by atoms with Crippen LogP contribution in [-0.2, 0) is 11.3 Å². The van der Waals surface area contributed by atoms with Gasteiger partial charge in [-0.15, -0.1) is 0 Å². The van der Waals surface area contributed by atoms with Gasteiger partial charge in [0.1, 0.15) is 0 Å². The molecule has 0 fully saturated rings. The van der Waals surface area contributed by atoms with E-state index in [9.17, 15) is 9.59 Å². The van der Waals surface area contributed by atoms with Gasteiger partial charge in [-0.05, 0) is 55.7 Å². The highest BCUT2D eigenvalue weighted by atomic mass is 35.5. The molecule has 2 N–H and O–H groups in total. The first-order valence-corrected chi connectivity index (χ1v) is 10.5. The van der Waals surface area contributed by atoms with Crippen molar-refractivity contribution in [1.82, 2.24) is 14.9 Å². The Labute approximate surface area is 179 Å². The summed E-state index contributed by atoms with van der Waals surface area (Å²) in [6.07, 6.45) is 2.80. The van der Waals surface area contributed by atoms with Gasteiger partial charge < -0.3 is 10.3 Å². The number of fused-ring (bicyclic) bond motifs is 1. The summed E-state index contributed by atoms with van der Waals surface area (Å²) in [6, 6.07) is 14.7. The van der Waals surface area contributed by atoms with Crippen molar-refractivity contribution < 1.29 is 4.79 Å². The van der Waals surface area contributed by atoms with Crippen molar-refractivity contribution in [2.45, 2.75) is 45.2 Å². The highest BCUT2D eigenvalue weighted by Crippen LogP contribution is 2.22. The lowest BCUT2D eigenvalue weighted by molar-refractivity contribution is -0.121. The van der Waals surface area contributed by atoms with Crippen molar-refractivity contribution >= 4 is 40.6 Å². The number of carbonyl (C=O) groups is 1. The lowest BCUT2D eigenvalue weighted by Crippen LogP contribution is -2.26. The summed E-state index contributed by atoms with van der Waals surface area (Å²) >= 11 is 11.5. The number of unbranched alkanes of at least 4 members (excludes halogenated alkanes) is 2. The van der Waals surface area contributed by atoms with Crippen molar-refractivity contribution in [2.75, 3.05) is 0 Å². The van der Waals surface area contributed by atoms with Crippen LogP contribution in [0.3, 0.4) is 0 Å². The molecule has 0 bridgehead atoms. The number of hydrogen-bond donors (Lipinski definition) is 2. The monoisotopic (exact) mass is 429 g/mol. The van der Waals surface area contributed by atoms with Crippen LogP contribution in [0.25, 0.3) is 10.9 Å². The third-order valence-corrected chi connectivity index (χ3v) is 5.59. The van der Waals surface area contributed by atoms with Gasteiger partial charge in [0.25, 0.3) is 5.56 Å². The number of carbonyl (C=O) groups excluding carboxylic acids is 1. The van der Waals surface area contributed by atoms with E-state index in [1.54, 1.807) is 10.6 Å². The Morgan fingerprint density at radius 1 is 1.14 bits per heavy atom. The van der Waals surface area contributed by atoms with Gasteiger partial charge in [0, 0.05) is 18.0 Å². The molecule has 3 aromatic rings. The largest absolute Gasteiger partial charge is 0.350 e. The molecule has 0 spiro atoms. The smallest absolute Gasteiger partial charge is 0.262 e. The van der Waals surface area contributed by atoms with Crippen LogP contribution >= 0.6 is 23.8 Å². The fraction of sp³-hybridized carbons (Fsp3) is 0.318. The maximum Gasteiger partial charge on any atom is 0.262 e. The van der Waals surface area contributed by atoms with Crippen LogP contribution in [0.1, 0.15) is 44.2 Å². The first-order chi connectivity index (χ1) is 14.0. The molecule has 7 heteroatoms. The van der Waals surface area contributed by atoms with Crippen molar-refractivity contribution in [3.8, 4) is 0 Å². The van der Waals surface area contributed by atoms with Gasteiger partial charge in [-0.2, -0.15) is 0 Å². The number of halogens is 1. The molecule has 3 rings (SSSR count). The normalized spacial score (nSPS) is 12.1. The number of hydrogen-bond acceptors (Lipinski definition) is 3. The molecule has 0 saturated heterocycles. The van der Waals surface area contributed by atoms with E-state index in [1.807, 2.05) is 49.4 Å². The lowest BCUT2D eigenvalue weighted by Gasteiger charge is -2.15. The highest BCUT2D eigenvalue weighted by molar-refractivity contribution is 7.71. The van der Waals surface area contributed by atoms with E-state index in [0.717, 1.165) is 30.3 Å². The molecule has 1 aromatic heterocycles. The molecule has 1 unspecified atom stereocenters. The van der Waals surface area contributed by atoms with Crippen LogP contribution in [0.2, 0.25) is 5.02 Å². The van der Waals surface area contributed by atoms with E-state index < -0.39 is 0 Å². The molecule has 2 aromatic carbocycles. The van der Waals surface area contributed by atoms with Crippen LogP contribution in [0.4, 0.5) is 0 Å². The minimum atomic E-state index is -0.134. The zero-order valence-electron chi connectivity index (χ0n) is 16.3. The summed E-state index contributed by atoms with van der Waals surface area (Å²) in [5.41, 5.74) is 1.59. The third-order valence-electron chi connectivity index (χ3n) is 4.92. The van der Waals surface area contributed by atoms with Crippen molar-refractivity contribution in [2.24, 2.45) is 0 Å². The first kappa shape index (κ1) is 21.3. The number of benzene rings is 2. The Hall–Kier alpha value is -2.44. The van der Waals surface area contributed by atoms with E-state index in [-0.39, 0.29) is 17.5 Å². The fourth-order valence-electron chi connectivity index (χ4n) is 3.35. The number of nitrogens with zero attached hydrogens (tertiary/aromatic N) is 1. The SMILES string of the molecule is CC(NC(=O)CCCCCn1c(=S)[nH]c2ccccc2c1=O)c1ccccc1Cl. The Morgan fingerprint density at radius 3 is 2.66 bits per heavy atom. The second-order valence-corrected chi connectivity index (χ2v) is 7.85. The summed E-state index contributed by atoms with van der Waals surface area (Å²) < 4.78 is 2.03. The van der Waals surface area contributed by atoms with Gasteiger partial charge in [-0.1, -0.05) is 48.4 Å². The fourth-order valence-corrected chi connectivity index (χ4v) is 3.94.